The van der Waals surface area contributed by atoms with E-state index in [1.165, 1.54) is 35.0 Å². The maximum Gasteiger partial charge on any atom is 0.454 e. The molecule has 0 saturated carbocycles. The normalized spacial score (nSPS) is 11.6. The van der Waals surface area contributed by atoms with Crippen LogP contribution in [0.15, 0.2) is 42.7 Å². The van der Waals surface area contributed by atoms with Gasteiger partial charge in [0.15, 0.2) is 0 Å². The molecule has 0 aliphatic heterocycles. The van der Waals surface area contributed by atoms with E-state index in [2.05, 4.69) is 0 Å². The van der Waals surface area contributed by atoms with Crippen LogP contribution in [0.3, 0.4) is 0 Å². The predicted octanol–water partition coefficient (Wildman–Crippen LogP) is 3.36. The smallest absolute Gasteiger partial charge is 0.323 e. The second-order valence-corrected chi connectivity index (χ2v) is 3.61. The number of hydrogen-bond donors (Lipinski definition) is 0. The van der Waals surface area contributed by atoms with Gasteiger partial charge in [0.1, 0.15) is 5.82 Å². The molecule has 1 aromatic heterocycles. The fraction of sp³-hybridized carbons (Fsp3) is 0.0833. The summed E-state index contributed by atoms with van der Waals surface area (Å²) in [6, 6.07) is 6.23. The number of nitrogens with zero attached hydrogens (tertiary/aromatic N) is 1. The summed E-state index contributed by atoms with van der Waals surface area (Å²) >= 11 is 0. The van der Waals surface area contributed by atoms with E-state index in [1.54, 1.807) is 0 Å². The molecule has 2 rings (SSSR count). The minimum absolute atomic E-state index is 0.447. The van der Waals surface area contributed by atoms with Crippen LogP contribution >= 0.6 is 0 Å². The van der Waals surface area contributed by atoms with Crippen molar-refractivity contribution in [2.75, 3.05) is 0 Å². The van der Waals surface area contributed by atoms with Gasteiger partial charge in [-0.2, -0.15) is 13.2 Å². The minimum atomic E-state index is -4.89. The number of halogens is 4. The van der Waals surface area contributed by atoms with Crippen LogP contribution in [0.4, 0.5) is 17.6 Å². The quantitative estimate of drug-likeness (QED) is 0.597. The third kappa shape index (κ3) is 2.42. The lowest BCUT2D eigenvalue weighted by molar-refractivity contribution is -0.0885. The third-order valence-electron chi connectivity index (χ3n) is 2.34. The first-order chi connectivity index (χ1) is 8.38. The predicted molar refractivity (Wildman–Crippen MR) is 56.1 cm³/mol. The zero-order valence-corrected chi connectivity index (χ0v) is 8.91. The second-order valence-electron chi connectivity index (χ2n) is 3.61. The molecule has 0 fully saturated rings. The lowest BCUT2D eigenvalue weighted by Crippen LogP contribution is -2.22. The van der Waals surface area contributed by atoms with Crippen molar-refractivity contribution in [2.45, 2.75) is 6.18 Å². The molecule has 2 aromatic rings. The van der Waals surface area contributed by atoms with Gasteiger partial charge in [0.2, 0.25) is 0 Å². The van der Waals surface area contributed by atoms with Gasteiger partial charge in [-0.3, -0.25) is 4.79 Å². The van der Waals surface area contributed by atoms with Crippen molar-refractivity contribution in [3.8, 4) is 5.69 Å². The van der Waals surface area contributed by atoms with Gasteiger partial charge >= 0.3 is 6.18 Å². The molecule has 0 amide bonds. The maximum absolute atomic E-state index is 12.7. The van der Waals surface area contributed by atoms with Crippen LogP contribution in [-0.4, -0.2) is 16.5 Å². The Labute approximate surface area is 99.5 Å². The lowest BCUT2D eigenvalue weighted by Gasteiger charge is -2.03. The highest BCUT2D eigenvalue weighted by atomic mass is 19.4. The summed E-state index contributed by atoms with van der Waals surface area (Å²) in [6.07, 6.45) is -2.52. The Balaban J connectivity index is 2.31. The highest BCUT2D eigenvalue weighted by molar-refractivity contribution is 6.00. The fourth-order valence-electron chi connectivity index (χ4n) is 1.47. The topological polar surface area (TPSA) is 22.0 Å². The molecule has 0 unspecified atom stereocenters. The summed E-state index contributed by atoms with van der Waals surface area (Å²) in [6.45, 7) is 0. The Morgan fingerprint density at radius 1 is 1.06 bits per heavy atom. The molecular formula is C12H7F4NO. The molecule has 0 aliphatic rings. The van der Waals surface area contributed by atoms with Crippen LogP contribution < -0.4 is 0 Å². The Morgan fingerprint density at radius 2 is 1.67 bits per heavy atom. The molecule has 18 heavy (non-hydrogen) atoms. The van der Waals surface area contributed by atoms with Crippen LogP contribution in [-0.2, 0) is 0 Å². The molecule has 94 valence electrons. The summed E-state index contributed by atoms with van der Waals surface area (Å²) in [5.74, 6) is -2.35. The average molecular weight is 257 g/mol. The van der Waals surface area contributed by atoms with Crippen LogP contribution in [0.2, 0.25) is 0 Å². The third-order valence-corrected chi connectivity index (χ3v) is 2.34. The molecule has 0 radical (unpaired) electrons. The molecule has 1 aromatic carbocycles. The van der Waals surface area contributed by atoms with Crippen molar-refractivity contribution in [3.05, 3.63) is 54.1 Å². The summed E-state index contributed by atoms with van der Waals surface area (Å²) in [5.41, 5.74) is 0.0180. The van der Waals surface area contributed by atoms with E-state index in [-0.39, 0.29) is 0 Å². The van der Waals surface area contributed by atoms with Gasteiger partial charge in [0, 0.05) is 23.6 Å². The van der Waals surface area contributed by atoms with E-state index in [0.29, 0.717) is 5.69 Å². The van der Waals surface area contributed by atoms with Gasteiger partial charge < -0.3 is 4.57 Å². The summed E-state index contributed by atoms with van der Waals surface area (Å²) in [7, 11) is 0. The number of Topliss-reactive ketones (excluding diaryl/α,β-unsaturated/α-hetero) is 1. The number of rotatable bonds is 2. The number of aromatic nitrogens is 1. The number of alkyl halides is 3. The Morgan fingerprint density at radius 3 is 2.22 bits per heavy atom. The van der Waals surface area contributed by atoms with Crippen molar-refractivity contribution in [2.24, 2.45) is 0 Å². The van der Waals surface area contributed by atoms with Crippen molar-refractivity contribution in [1.82, 2.24) is 4.57 Å². The first kappa shape index (κ1) is 12.3. The Bertz CT molecular complexity index is 569. The molecule has 1 heterocycles. The molecule has 0 bridgehead atoms. The number of carbonyl (C=O) groups excluding carboxylic acids is 1. The van der Waals surface area contributed by atoms with Crippen molar-refractivity contribution in [1.29, 1.82) is 0 Å². The Hall–Kier alpha value is -2.11. The van der Waals surface area contributed by atoms with Crippen LogP contribution in [0.25, 0.3) is 5.69 Å². The number of hydrogen-bond acceptors (Lipinski definition) is 1. The van der Waals surface area contributed by atoms with Crippen LogP contribution in [0.5, 0.6) is 0 Å². The molecule has 0 atom stereocenters. The average Bonchev–Trinajstić information content (AvgIpc) is 2.77. The van der Waals surface area contributed by atoms with Crippen molar-refractivity contribution >= 4 is 5.78 Å². The van der Waals surface area contributed by atoms with E-state index < -0.39 is 23.3 Å². The van der Waals surface area contributed by atoms with E-state index >= 15 is 0 Å². The van der Waals surface area contributed by atoms with Crippen molar-refractivity contribution < 1.29 is 22.4 Å². The molecular weight excluding hydrogens is 250 g/mol. The van der Waals surface area contributed by atoms with Gasteiger partial charge in [-0.1, -0.05) is 0 Å². The summed E-state index contributed by atoms with van der Waals surface area (Å²) < 4.78 is 50.6. The number of carbonyl (C=O) groups is 1. The molecule has 0 N–H and O–H groups in total. The van der Waals surface area contributed by atoms with E-state index in [9.17, 15) is 22.4 Å². The molecule has 0 aliphatic carbocycles. The maximum atomic E-state index is 12.7. The lowest BCUT2D eigenvalue weighted by atomic mass is 10.2. The van der Waals surface area contributed by atoms with Crippen molar-refractivity contribution in [3.63, 3.8) is 0 Å². The van der Waals surface area contributed by atoms with E-state index in [4.69, 9.17) is 0 Å². The Kier molecular flexibility index (Phi) is 2.94. The van der Waals surface area contributed by atoms with Crippen LogP contribution in [0.1, 0.15) is 10.4 Å². The first-order valence-corrected chi connectivity index (χ1v) is 4.93. The minimum Gasteiger partial charge on any atom is -0.323 e. The van der Waals surface area contributed by atoms with Gasteiger partial charge in [0.25, 0.3) is 5.78 Å². The molecule has 6 heteroatoms. The monoisotopic (exact) mass is 257 g/mol. The highest BCUT2D eigenvalue weighted by Crippen LogP contribution is 2.22. The second kappa shape index (κ2) is 4.29. The molecule has 0 spiro atoms. The highest BCUT2D eigenvalue weighted by Gasteiger charge is 2.39. The fourth-order valence-corrected chi connectivity index (χ4v) is 1.47. The van der Waals surface area contributed by atoms with Crippen LogP contribution in [0, 0.1) is 5.82 Å². The molecule has 2 nitrogen and oxygen atoms in total. The van der Waals surface area contributed by atoms with Gasteiger partial charge in [0.05, 0.1) is 0 Å². The number of ketones is 1. The molecule has 0 saturated heterocycles. The largest absolute Gasteiger partial charge is 0.454 e. The first-order valence-electron chi connectivity index (χ1n) is 4.93. The van der Waals surface area contributed by atoms with E-state index in [1.807, 2.05) is 0 Å². The number of benzene rings is 1. The SMILES string of the molecule is O=C(c1ccn(-c2ccc(F)cc2)c1)C(F)(F)F. The van der Waals surface area contributed by atoms with Gasteiger partial charge in [-0.15, -0.1) is 0 Å². The standard InChI is InChI=1S/C12H7F4NO/c13-9-1-3-10(4-2-9)17-6-5-8(7-17)11(18)12(14,15)16/h1-7H. The van der Waals surface area contributed by atoms with E-state index in [0.717, 1.165) is 12.3 Å². The zero-order chi connectivity index (χ0) is 13.3. The summed E-state index contributed by atoms with van der Waals surface area (Å²) in [4.78, 5) is 11.0. The summed E-state index contributed by atoms with van der Waals surface area (Å²) in [5, 5.41) is 0. The zero-order valence-electron chi connectivity index (χ0n) is 8.91. The van der Waals surface area contributed by atoms with Gasteiger partial charge in [-0.25, -0.2) is 4.39 Å². The van der Waals surface area contributed by atoms with Gasteiger partial charge in [-0.05, 0) is 30.3 Å².